The summed E-state index contributed by atoms with van der Waals surface area (Å²) in [5.74, 6) is -1.06. The highest BCUT2D eigenvalue weighted by Gasteiger charge is 2.23. The van der Waals surface area contributed by atoms with Gasteiger partial charge in [-0.25, -0.2) is 13.8 Å². The maximum Gasteiger partial charge on any atom is 0.260 e. The monoisotopic (exact) mass is 467 g/mol. The van der Waals surface area contributed by atoms with Crippen LogP contribution in [0.25, 0.3) is 10.2 Å². The third kappa shape index (κ3) is 5.51. The molecule has 4 rings (SSSR count). The van der Waals surface area contributed by atoms with Crippen LogP contribution in [-0.2, 0) is 6.54 Å². The van der Waals surface area contributed by atoms with Gasteiger partial charge in [-0.15, -0.1) is 0 Å². The first kappa shape index (κ1) is 22.8. The summed E-state index contributed by atoms with van der Waals surface area (Å²) < 4.78 is 34.0. The second-order valence-electron chi connectivity index (χ2n) is 7.56. The van der Waals surface area contributed by atoms with Gasteiger partial charge in [0, 0.05) is 24.0 Å². The van der Waals surface area contributed by atoms with E-state index in [0.29, 0.717) is 22.6 Å². The van der Waals surface area contributed by atoms with E-state index in [-0.39, 0.29) is 23.1 Å². The summed E-state index contributed by atoms with van der Waals surface area (Å²) in [5.41, 5.74) is 1.26. The predicted octanol–water partition coefficient (Wildman–Crippen LogP) is 6.39. The van der Waals surface area contributed by atoms with E-state index in [9.17, 15) is 13.6 Å². The van der Waals surface area contributed by atoms with Gasteiger partial charge in [0.1, 0.15) is 17.1 Å². The topological polar surface area (TPSA) is 55.3 Å². The van der Waals surface area contributed by atoms with Crippen molar-refractivity contribution in [2.75, 3.05) is 11.5 Å². The molecule has 2 heterocycles. The number of unbranched alkanes of at least 4 members (excludes halogenated alkanes) is 2. The van der Waals surface area contributed by atoms with Crippen molar-refractivity contribution in [3.05, 3.63) is 83.7 Å². The van der Waals surface area contributed by atoms with Crippen LogP contribution in [0.3, 0.4) is 0 Å². The van der Waals surface area contributed by atoms with Crippen LogP contribution in [-0.4, -0.2) is 22.5 Å². The number of ether oxygens (including phenoxy) is 1. The Labute approximate surface area is 194 Å². The van der Waals surface area contributed by atoms with Crippen LogP contribution in [0.15, 0.2) is 60.9 Å². The second kappa shape index (κ2) is 10.5. The van der Waals surface area contributed by atoms with Gasteiger partial charge >= 0.3 is 0 Å². The molecule has 170 valence electrons. The maximum absolute atomic E-state index is 14.2. The molecule has 0 atom stereocenters. The molecule has 0 saturated carbocycles. The van der Waals surface area contributed by atoms with E-state index < -0.39 is 11.6 Å². The number of fused-ring (bicyclic) bond motifs is 1. The number of anilines is 1. The minimum absolute atomic E-state index is 0.0382. The minimum Gasteiger partial charge on any atom is -0.494 e. The van der Waals surface area contributed by atoms with Crippen LogP contribution in [0.2, 0.25) is 0 Å². The molecular formula is C25H23F2N3O2S. The summed E-state index contributed by atoms with van der Waals surface area (Å²) in [6.07, 6.45) is 6.50. The number of amides is 1. The normalized spacial score (nSPS) is 11.0. The van der Waals surface area contributed by atoms with Gasteiger partial charge in [-0.3, -0.25) is 14.7 Å². The number of carbonyl (C=O) groups excluding carboxylic acids is 1. The Bertz CT molecular complexity index is 1230. The Hall–Kier alpha value is -3.39. The van der Waals surface area contributed by atoms with Crippen molar-refractivity contribution in [2.45, 2.75) is 32.7 Å². The summed E-state index contributed by atoms with van der Waals surface area (Å²) in [5, 5.41) is 0.281. The first-order valence-electron chi connectivity index (χ1n) is 10.7. The maximum atomic E-state index is 14.2. The van der Waals surface area contributed by atoms with Gasteiger partial charge in [0.25, 0.3) is 5.91 Å². The van der Waals surface area contributed by atoms with Crippen LogP contribution in [0, 0.1) is 11.6 Å². The zero-order valence-electron chi connectivity index (χ0n) is 18.1. The number of hydrogen-bond acceptors (Lipinski definition) is 5. The number of rotatable bonds is 9. The van der Waals surface area contributed by atoms with E-state index in [4.69, 9.17) is 4.74 Å². The summed E-state index contributed by atoms with van der Waals surface area (Å²) >= 11 is 1.06. The molecule has 0 fully saturated rings. The van der Waals surface area contributed by atoms with E-state index in [1.165, 1.54) is 11.0 Å². The lowest BCUT2D eigenvalue weighted by Crippen LogP contribution is -2.30. The molecule has 0 unspecified atom stereocenters. The van der Waals surface area contributed by atoms with E-state index in [1.54, 1.807) is 42.7 Å². The molecule has 0 radical (unpaired) electrons. The van der Waals surface area contributed by atoms with E-state index in [1.807, 2.05) is 6.07 Å². The standard InChI is InChI=1S/C25H23F2N3O2S/c1-2-3-4-12-32-20-9-7-18(8-10-20)24(31)30(16-17-6-5-11-28-15-17)25-29-23-21(27)13-19(26)14-22(23)33-25/h5-11,13-15H,2-4,12,16H2,1H3. The first-order valence-corrected chi connectivity index (χ1v) is 11.6. The summed E-state index contributed by atoms with van der Waals surface area (Å²) in [6.45, 7) is 2.95. The van der Waals surface area contributed by atoms with Crippen LogP contribution >= 0.6 is 11.3 Å². The average molecular weight is 468 g/mol. The number of hydrogen-bond donors (Lipinski definition) is 0. The van der Waals surface area contributed by atoms with Gasteiger partial charge in [0.15, 0.2) is 10.9 Å². The number of benzene rings is 2. The summed E-state index contributed by atoms with van der Waals surface area (Å²) in [6, 6.07) is 12.5. The first-order chi connectivity index (χ1) is 16.0. The molecule has 8 heteroatoms. The molecule has 0 aliphatic rings. The van der Waals surface area contributed by atoms with Crippen LogP contribution < -0.4 is 9.64 Å². The quantitative estimate of drug-likeness (QED) is 0.268. The number of aromatic nitrogens is 2. The molecule has 33 heavy (non-hydrogen) atoms. The molecule has 0 bridgehead atoms. The fourth-order valence-electron chi connectivity index (χ4n) is 3.35. The Balaban J connectivity index is 1.62. The average Bonchev–Trinajstić information content (AvgIpc) is 3.25. The van der Waals surface area contributed by atoms with Crippen molar-refractivity contribution >= 4 is 32.6 Å². The molecule has 0 aliphatic heterocycles. The van der Waals surface area contributed by atoms with Gasteiger partial charge in [-0.1, -0.05) is 37.2 Å². The molecule has 0 spiro atoms. The lowest BCUT2D eigenvalue weighted by atomic mass is 10.1. The van der Waals surface area contributed by atoms with Crippen molar-refractivity contribution in [1.82, 2.24) is 9.97 Å². The van der Waals surface area contributed by atoms with Gasteiger partial charge in [-0.2, -0.15) is 0 Å². The number of pyridine rings is 1. The lowest BCUT2D eigenvalue weighted by Gasteiger charge is -2.20. The fraction of sp³-hybridized carbons (Fsp3) is 0.240. The molecule has 0 saturated heterocycles. The van der Waals surface area contributed by atoms with E-state index >= 15 is 0 Å². The zero-order valence-corrected chi connectivity index (χ0v) is 18.9. The summed E-state index contributed by atoms with van der Waals surface area (Å²) in [4.78, 5) is 23.3. The van der Waals surface area contributed by atoms with Gasteiger partial charge in [0.05, 0.1) is 17.9 Å². The number of nitrogens with zero attached hydrogens (tertiary/aromatic N) is 3. The minimum atomic E-state index is -0.758. The van der Waals surface area contributed by atoms with E-state index in [0.717, 1.165) is 42.2 Å². The van der Waals surface area contributed by atoms with Crippen molar-refractivity contribution in [2.24, 2.45) is 0 Å². The van der Waals surface area contributed by atoms with Crippen molar-refractivity contribution in [3.8, 4) is 5.75 Å². The number of carbonyl (C=O) groups is 1. The largest absolute Gasteiger partial charge is 0.494 e. The fourth-order valence-corrected chi connectivity index (χ4v) is 4.36. The molecular weight excluding hydrogens is 444 g/mol. The Morgan fingerprint density at radius 3 is 2.67 bits per heavy atom. The second-order valence-corrected chi connectivity index (χ2v) is 8.57. The van der Waals surface area contributed by atoms with Crippen LogP contribution in [0.1, 0.15) is 42.1 Å². The molecule has 0 N–H and O–H groups in total. The predicted molar refractivity (Wildman–Crippen MR) is 126 cm³/mol. The zero-order chi connectivity index (χ0) is 23.2. The van der Waals surface area contributed by atoms with Crippen LogP contribution in [0.5, 0.6) is 5.75 Å². The molecule has 1 amide bonds. The Kier molecular flexibility index (Phi) is 7.24. The van der Waals surface area contributed by atoms with Gasteiger partial charge in [-0.05, 0) is 48.4 Å². The molecule has 2 aromatic heterocycles. The van der Waals surface area contributed by atoms with Crippen LogP contribution in [0.4, 0.5) is 13.9 Å². The highest BCUT2D eigenvalue weighted by molar-refractivity contribution is 7.22. The SMILES string of the molecule is CCCCCOc1ccc(C(=O)N(Cc2cccnc2)c2nc3c(F)cc(F)cc3s2)cc1. The molecule has 0 aliphatic carbocycles. The Morgan fingerprint density at radius 1 is 1.12 bits per heavy atom. The molecule has 5 nitrogen and oxygen atoms in total. The third-order valence-corrected chi connectivity index (χ3v) is 6.08. The van der Waals surface area contributed by atoms with Crippen molar-refractivity contribution < 1.29 is 18.3 Å². The highest BCUT2D eigenvalue weighted by atomic mass is 32.1. The molecule has 2 aromatic carbocycles. The molecule has 4 aromatic rings. The van der Waals surface area contributed by atoms with Gasteiger partial charge in [0.2, 0.25) is 0 Å². The Morgan fingerprint density at radius 2 is 1.94 bits per heavy atom. The summed E-state index contributed by atoms with van der Waals surface area (Å²) in [7, 11) is 0. The van der Waals surface area contributed by atoms with E-state index in [2.05, 4.69) is 16.9 Å². The highest BCUT2D eigenvalue weighted by Crippen LogP contribution is 2.33. The van der Waals surface area contributed by atoms with Crippen molar-refractivity contribution in [3.63, 3.8) is 0 Å². The third-order valence-electron chi connectivity index (χ3n) is 5.06. The number of thiazole rings is 1. The lowest BCUT2D eigenvalue weighted by molar-refractivity contribution is 0.0985. The van der Waals surface area contributed by atoms with Crippen molar-refractivity contribution in [1.29, 1.82) is 0 Å². The van der Waals surface area contributed by atoms with Gasteiger partial charge < -0.3 is 4.74 Å². The smallest absolute Gasteiger partial charge is 0.260 e. The number of halogens is 2.